The van der Waals surface area contributed by atoms with Crippen molar-refractivity contribution in [2.45, 2.75) is 33.1 Å². The molecule has 2 N–H and O–H groups in total. The maximum absolute atomic E-state index is 12.9. The summed E-state index contributed by atoms with van der Waals surface area (Å²) in [6.07, 6.45) is 1.53. The number of nitrogens with zero attached hydrogens (tertiary/aromatic N) is 4. The Morgan fingerprint density at radius 1 is 0.921 bits per heavy atom. The monoisotopic (exact) mass is 512 g/mol. The molecule has 9 heteroatoms. The fourth-order valence-electron chi connectivity index (χ4n) is 3.63. The van der Waals surface area contributed by atoms with Gasteiger partial charge in [-0.2, -0.15) is 5.10 Å². The van der Waals surface area contributed by atoms with Crippen molar-refractivity contribution >= 4 is 23.4 Å². The van der Waals surface area contributed by atoms with Crippen molar-refractivity contribution in [2.24, 2.45) is 0 Å². The number of nitrogens with one attached hydrogen (secondary N) is 2. The summed E-state index contributed by atoms with van der Waals surface area (Å²) in [4.78, 5) is 30.6. The zero-order chi connectivity index (χ0) is 27.4. The molecule has 3 amide bonds. The topological polar surface area (TPSA) is 101 Å². The Balaban J connectivity index is 1.46. The van der Waals surface area contributed by atoms with Crippen LogP contribution in [-0.2, 0) is 5.41 Å². The molecule has 0 unspecified atom stereocenters. The highest BCUT2D eigenvalue weighted by atomic mass is 16.5. The van der Waals surface area contributed by atoms with Crippen LogP contribution in [0.15, 0.2) is 72.9 Å². The lowest BCUT2D eigenvalue weighted by Crippen LogP contribution is -2.22. The van der Waals surface area contributed by atoms with E-state index in [0.29, 0.717) is 28.7 Å². The van der Waals surface area contributed by atoms with E-state index >= 15 is 0 Å². The zero-order valence-corrected chi connectivity index (χ0v) is 22.4. The fourth-order valence-corrected chi connectivity index (χ4v) is 3.63. The standard InChI is InChI=1S/C29H32N6O3/c1-19-8-7-9-21(16-19)35-26(18-25(33-35)29(2,3)4)32-28(37)31-20-10-12-22(13-11-20)38-23-14-15-30-24(17-23)27(36)34(5)6/h7-18H,1-6H3,(H2,31,32,37). The van der Waals surface area contributed by atoms with Gasteiger partial charge in [-0.05, 0) is 55.0 Å². The van der Waals surface area contributed by atoms with Gasteiger partial charge >= 0.3 is 6.03 Å². The summed E-state index contributed by atoms with van der Waals surface area (Å²) in [7, 11) is 3.33. The molecule has 2 heterocycles. The van der Waals surface area contributed by atoms with Crippen molar-refractivity contribution in [1.29, 1.82) is 0 Å². The Morgan fingerprint density at radius 3 is 2.32 bits per heavy atom. The third-order valence-corrected chi connectivity index (χ3v) is 5.67. The predicted molar refractivity (Wildman–Crippen MR) is 148 cm³/mol. The smallest absolute Gasteiger partial charge is 0.324 e. The molecule has 196 valence electrons. The van der Waals surface area contributed by atoms with Crippen LogP contribution in [0.4, 0.5) is 16.3 Å². The highest BCUT2D eigenvalue weighted by molar-refractivity contribution is 5.99. The summed E-state index contributed by atoms with van der Waals surface area (Å²) in [6, 6.07) is 19.7. The van der Waals surface area contributed by atoms with Gasteiger partial charge in [0.15, 0.2) is 0 Å². The molecular weight excluding hydrogens is 480 g/mol. The highest BCUT2D eigenvalue weighted by Gasteiger charge is 2.21. The van der Waals surface area contributed by atoms with Gasteiger partial charge in [-0.25, -0.2) is 9.48 Å². The Bertz CT molecular complexity index is 1450. The van der Waals surface area contributed by atoms with Gasteiger partial charge in [-0.1, -0.05) is 32.9 Å². The van der Waals surface area contributed by atoms with Crippen molar-refractivity contribution in [2.75, 3.05) is 24.7 Å². The molecule has 2 aromatic heterocycles. The highest BCUT2D eigenvalue weighted by Crippen LogP contribution is 2.27. The second-order valence-corrected chi connectivity index (χ2v) is 10.2. The van der Waals surface area contributed by atoms with Gasteiger partial charge in [-0.3, -0.25) is 15.1 Å². The number of aromatic nitrogens is 3. The molecule has 0 spiro atoms. The van der Waals surface area contributed by atoms with Crippen LogP contribution in [0, 0.1) is 6.92 Å². The van der Waals surface area contributed by atoms with E-state index in [1.54, 1.807) is 55.2 Å². The van der Waals surface area contributed by atoms with Crippen LogP contribution in [0.3, 0.4) is 0 Å². The minimum absolute atomic E-state index is 0.187. The Morgan fingerprint density at radius 2 is 1.66 bits per heavy atom. The number of urea groups is 1. The lowest BCUT2D eigenvalue weighted by atomic mass is 9.92. The number of pyridine rings is 1. The summed E-state index contributed by atoms with van der Waals surface area (Å²) in [5, 5.41) is 10.5. The van der Waals surface area contributed by atoms with Crippen molar-refractivity contribution in [1.82, 2.24) is 19.7 Å². The van der Waals surface area contributed by atoms with Gasteiger partial charge in [0.05, 0.1) is 11.4 Å². The first-order valence-electron chi connectivity index (χ1n) is 12.2. The van der Waals surface area contributed by atoms with Gasteiger partial charge in [0.1, 0.15) is 23.0 Å². The molecule has 4 aromatic rings. The third kappa shape index (κ3) is 6.36. The summed E-state index contributed by atoms with van der Waals surface area (Å²) >= 11 is 0. The summed E-state index contributed by atoms with van der Waals surface area (Å²) < 4.78 is 7.61. The van der Waals surface area contributed by atoms with Crippen molar-refractivity contribution in [3.05, 3.63) is 89.9 Å². The van der Waals surface area contributed by atoms with E-state index < -0.39 is 6.03 Å². The van der Waals surface area contributed by atoms with Gasteiger partial charge in [0.2, 0.25) is 0 Å². The molecule has 0 atom stereocenters. The van der Waals surface area contributed by atoms with E-state index in [9.17, 15) is 9.59 Å². The fraction of sp³-hybridized carbons (Fsp3) is 0.241. The SMILES string of the molecule is Cc1cccc(-n2nc(C(C)(C)C)cc2NC(=O)Nc2ccc(Oc3ccnc(C(=O)N(C)C)c3)cc2)c1. The van der Waals surface area contributed by atoms with Gasteiger partial charge in [0.25, 0.3) is 5.91 Å². The summed E-state index contributed by atoms with van der Waals surface area (Å²) in [5.41, 5.74) is 3.52. The maximum Gasteiger partial charge on any atom is 0.324 e. The number of ether oxygens (including phenoxy) is 1. The van der Waals surface area contributed by atoms with Crippen LogP contribution in [-0.4, -0.2) is 45.7 Å². The number of amides is 3. The number of hydrogen-bond acceptors (Lipinski definition) is 5. The molecule has 9 nitrogen and oxygen atoms in total. The first-order valence-corrected chi connectivity index (χ1v) is 12.2. The Labute approximate surface area is 222 Å². The lowest BCUT2D eigenvalue weighted by molar-refractivity contribution is 0.0821. The minimum atomic E-state index is -0.395. The molecule has 0 saturated heterocycles. The average Bonchev–Trinajstić information content (AvgIpc) is 3.29. The molecule has 0 bridgehead atoms. The van der Waals surface area contributed by atoms with Crippen LogP contribution < -0.4 is 15.4 Å². The van der Waals surface area contributed by atoms with E-state index in [-0.39, 0.29) is 11.3 Å². The number of benzene rings is 2. The molecule has 0 aliphatic rings. The average molecular weight is 513 g/mol. The molecule has 0 saturated carbocycles. The van der Waals surface area contributed by atoms with Crippen LogP contribution in [0.2, 0.25) is 0 Å². The second-order valence-electron chi connectivity index (χ2n) is 10.2. The van der Waals surface area contributed by atoms with Gasteiger partial charge in [-0.15, -0.1) is 0 Å². The third-order valence-electron chi connectivity index (χ3n) is 5.67. The minimum Gasteiger partial charge on any atom is -0.457 e. The van der Waals surface area contributed by atoms with Crippen molar-refractivity contribution in [3.8, 4) is 17.2 Å². The molecular formula is C29H32N6O3. The molecule has 2 aromatic carbocycles. The maximum atomic E-state index is 12.9. The number of hydrogen-bond donors (Lipinski definition) is 2. The molecule has 0 aliphatic heterocycles. The van der Waals surface area contributed by atoms with Crippen LogP contribution in [0.5, 0.6) is 11.5 Å². The van der Waals surface area contributed by atoms with E-state index in [1.807, 2.05) is 37.3 Å². The number of carbonyl (C=O) groups is 2. The second kappa shape index (κ2) is 10.8. The number of rotatable bonds is 6. The summed E-state index contributed by atoms with van der Waals surface area (Å²) in [5.74, 6) is 1.40. The van der Waals surface area contributed by atoms with Crippen molar-refractivity contribution in [3.63, 3.8) is 0 Å². The quantitative estimate of drug-likeness (QED) is 0.329. The number of carbonyl (C=O) groups excluding carboxylic acids is 2. The van der Waals surface area contributed by atoms with E-state index in [4.69, 9.17) is 9.84 Å². The van der Waals surface area contributed by atoms with E-state index in [1.165, 1.54) is 11.1 Å². The van der Waals surface area contributed by atoms with E-state index in [2.05, 4.69) is 36.4 Å². The van der Waals surface area contributed by atoms with Crippen LogP contribution >= 0.6 is 0 Å². The molecule has 4 rings (SSSR count). The van der Waals surface area contributed by atoms with Gasteiger partial charge in [0, 0.05) is 43.5 Å². The molecule has 0 radical (unpaired) electrons. The van der Waals surface area contributed by atoms with Crippen LogP contribution in [0.1, 0.15) is 42.5 Å². The number of anilines is 2. The largest absolute Gasteiger partial charge is 0.457 e. The summed E-state index contributed by atoms with van der Waals surface area (Å²) in [6.45, 7) is 8.25. The van der Waals surface area contributed by atoms with Gasteiger partial charge < -0.3 is 15.0 Å². The molecule has 38 heavy (non-hydrogen) atoms. The van der Waals surface area contributed by atoms with Crippen LogP contribution in [0.25, 0.3) is 5.69 Å². The predicted octanol–water partition coefficient (Wildman–Crippen LogP) is 6.01. The van der Waals surface area contributed by atoms with E-state index in [0.717, 1.165) is 16.9 Å². The first kappa shape index (κ1) is 26.4. The number of aryl methyl sites for hydroxylation is 1. The zero-order valence-electron chi connectivity index (χ0n) is 22.4. The Hall–Kier alpha value is -4.66. The van der Waals surface area contributed by atoms with Crippen molar-refractivity contribution < 1.29 is 14.3 Å². The normalized spacial score (nSPS) is 11.1. The Kier molecular flexibility index (Phi) is 7.47. The first-order chi connectivity index (χ1) is 18.0. The lowest BCUT2D eigenvalue weighted by Gasteiger charge is -2.14. The molecule has 0 aliphatic carbocycles. The molecule has 0 fully saturated rings.